The predicted octanol–water partition coefficient (Wildman–Crippen LogP) is -0.0493. The zero-order valence-electron chi connectivity index (χ0n) is 10.9. The fourth-order valence-corrected chi connectivity index (χ4v) is 2.22. The summed E-state index contributed by atoms with van der Waals surface area (Å²) in [7, 11) is 1.51. The maximum absolute atomic E-state index is 11.8. The number of carbonyl (C=O) groups excluding carboxylic acids is 1. The van der Waals surface area contributed by atoms with E-state index in [4.69, 9.17) is 10.5 Å². The Kier molecular flexibility index (Phi) is 6.47. The summed E-state index contributed by atoms with van der Waals surface area (Å²) in [6.07, 6.45) is 2.72. The molecular weight excluding hydrogens is 218 g/mol. The molecule has 0 spiro atoms. The topological polar surface area (TPSA) is 67.6 Å². The number of amides is 1. The van der Waals surface area contributed by atoms with E-state index in [0.717, 1.165) is 32.5 Å². The van der Waals surface area contributed by atoms with Crippen LogP contribution < -0.4 is 11.1 Å². The highest BCUT2D eigenvalue weighted by Gasteiger charge is 2.23. The van der Waals surface area contributed by atoms with Gasteiger partial charge < -0.3 is 20.7 Å². The third-order valence-corrected chi connectivity index (χ3v) is 3.26. The van der Waals surface area contributed by atoms with E-state index >= 15 is 0 Å². The van der Waals surface area contributed by atoms with E-state index in [1.165, 1.54) is 13.5 Å². The molecule has 1 saturated heterocycles. The van der Waals surface area contributed by atoms with Crippen molar-refractivity contribution in [1.29, 1.82) is 0 Å². The maximum Gasteiger partial charge on any atom is 0.250 e. The van der Waals surface area contributed by atoms with Gasteiger partial charge in [-0.2, -0.15) is 0 Å². The van der Waals surface area contributed by atoms with Crippen LogP contribution in [-0.2, 0) is 9.53 Å². The first-order chi connectivity index (χ1) is 8.21. The molecule has 1 aliphatic heterocycles. The van der Waals surface area contributed by atoms with Crippen molar-refractivity contribution in [2.75, 3.05) is 33.3 Å². The first-order valence-electron chi connectivity index (χ1n) is 6.46. The predicted molar refractivity (Wildman–Crippen MR) is 67.7 cm³/mol. The molecule has 0 aromatic carbocycles. The summed E-state index contributed by atoms with van der Waals surface area (Å²) in [5, 5.41) is 3.01. The van der Waals surface area contributed by atoms with Gasteiger partial charge in [0.1, 0.15) is 6.10 Å². The molecule has 1 amide bonds. The number of ether oxygens (including phenoxy) is 1. The average molecular weight is 243 g/mol. The standard InChI is InChI=1S/C12H25N3O2/c1-3-6-15-7-4-10(5-8-15)14-12(16)11(9-13)17-2/h10-11H,3-9,13H2,1-2H3,(H,14,16). The van der Waals surface area contributed by atoms with Gasteiger partial charge in [0, 0.05) is 32.8 Å². The Morgan fingerprint density at radius 1 is 1.53 bits per heavy atom. The molecule has 1 aliphatic rings. The van der Waals surface area contributed by atoms with Crippen LogP contribution in [0, 0.1) is 0 Å². The molecule has 1 atom stereocenters. The van der Waals surface area contributed by atoms with Gasteiger partial charge in [-0.1, -0.05) is 6.92 Å². The van der Waals surface area contributed by atoms with Crippen LogP contribution in [0.3, 0.4) is 0 Å². The number of likely N-dealkylation sites (tertiary alicyclic amines) is 1. The van der Waals surface area contributed by atoms with Crippen molar-refractivity contribution in [3.05, 3.63) is 0 Å². The molecule has 1 fully saturated rings. The van der Waals surface area contributed by atoms with Gasteiger partial charge >= 0.3 is 0 Å². The van der Waals surface area contributed by atoms with Gasteiger partial charge in [0.15, 0.2) is 0 Å². The van der Waals surface area contributed by atoms with E-state index in [1.807, 2.05) is 0 Å². The lowest BCUT2D eigenvalue weighted by Gasteiger charge is -2.32. The van der Waals surface area contributed by atoms with Crippen LogP contribution >= 0.6 is 0 Å². The molecule has 0 bridgehead atoms. The third-order valence-electron chi connectivity index (χ3n) is 3.26. The number of piperidine rings is 1. The normalized spacial score (nSPS) is 20.2. The summed E-state index contributed by atoms with van der Waals surface area (Å²) >= 11 is 0. The minimum atomic E-state index is -0.510. The Hall–Kier alpha value is -0.650. The maximum atomic E-state index is 11.8. The number of nitrogens with zero attached hydrogens (tertiary/aromatic N) is 1. The second kappa shape index (κ2) is 7.63. The number of hydrogen-bond donors (Lipinski definition) is 2. The zero-order valence-corrected chi connectivity index (χ0v) is 10.9. The number of nitrogens with one attached hydrogen (secondary N) is 1. The molecule has 0 aromatic heterocycles. The molecule has 17 heavy (non-hydrogen) atoms. The number of hydrogen-bond acceptors (Lipinski definition) is 4. The van der Waals surface area contributed by atoms with Crippen molar-refractivity contribution in [1.82, 2.24) is 10.2 Å². The van der Waals surface area contributed by atoms with Crippen molar-refractivity contribution in [3.63, 3.8) is 0 Å². The van der Waals surface area contributed by atoms with E-state index < -0.39 is 6.10 Å². The average Bonchev–Trinajstić information content (AvgIpc) is 2.33. The zero-order chi connectivity index (χ0) is 12.7. The quantitative estimate of drug-likeness (QED) is 0.686. The van der Waals surface area contributed by atoms with Crippen molar-refractivity contribution >= 4 is 5.91 Å². The number of nitrogens with two attached hydrogens (primary N) is 1. The van der Waals surface area contributed by atoms with Gasteiger partial charge in [0.2, 0.25) is 0 Å². The van der Waals surface area contributed by atoms with Crippen LogP contribution in [0.2, 0.25) is 0 Å². The monoisotopic (exact) mass is 243 g/mol. The second-order valence-corrected chi connectivity index (χ2v) is 4.58. The molecule has 1 rings (SSSR count). The molecule has 1 unspecified atom stereocenters. The van der Waals surface area contributed by atoms with Crippen LogP contribution in [0.25, 0.3) is 0 Å². The second-order valence-electron chi connectivity index (χ2n) is 4.58. The van der Waals surface area contributed by atoms with Crippen molar-refractivity contribution < 1.29 is 9.53 Å². The highest BCUT2D eigenvalue weighted by atomic mass is 16.5. The molecule has 3 N–H and O–H groups in total. The molecular formula is C12H25N3O2. The van der Waals surface area contributed by atoms with Crippen molar-refractivity contribution in [2.24, 2.45) is 5.73 Å². The molecule has 0 radical (unpaired) electrons. The summed E-state index contributed by atoms with van der Waals surface area (Å²) in [5.74, 6) is -0.0797. The smallest absolute Gasteiger partial charge is 0.250 e. The first-order valence-corrected chi connectivity index (χ1v) is 6.46. The highest BCUT2D eigenvalue weighted by Crippen LogP contribution is 2.10. The Morgan fingerprint density at radius 3 is 2.65 bits per heavy atom. The van der Waals surface area contributed by atoms with Crippen LogP contribution in [0.4, 0.5) is 0 Å². The summed E-state index contributed by atoms with van der Waals surface area (Å²) < 4.78 is 5.02. The molecule has 5 nitrogen and oxygen atoms in total. The Balaban J connectivity index is 2.27. The van der Waals surface area contributed by atoms with Crippen molar-refractivity contribution in [2.45, 2.75) is 38.3 Å². The Morgan fingerprint density at radius 2 is 2.18 bits per heavy atom. The molecule has 0 aromatic rings. The van der Waals surface area contributed by atoms with Gasteiger partial charge in [-0.05, 0) is 25.8 Å². The van der Waals surface area contributed by atoms with Gasteiger partial charge in [-0.3, -0.25) is 4.79 Å². The fourth-order valence-electron chi connectivity index (χ4n) is 2.22. The minimum Gasteiger partial charge on any atom is -0.370 e. The SMILES string of the molecule is CCCN1CCC(NC(=O)C(CN)OC)CC1. The highest BCUT2D eigenvalue weighted by molar-refractivity contribution is 5.81. The van der Waals surface area contributed by atoms with Gasteiger partial charge in [0.25, 0.3) is 5.91 Å². The van der Waals surface area contributed by atoms with E-state index in [0.29, 0.717) is 0 Å². The fraction of sp³-hybridized carbons (Fsp3) is 0.917. The Bertz CT molecular complexity index is 224. The minimum absolute atomic E-state index is 0.0797. The molecule has 100 valence electrons. The van der Waals surface area contributed by atoms with E-state index in [-0.39, 0.29) is 18.5 Å². The van der Waals surface area contributed by atoms with Gasteiger partial charge in [-0.15, -0.1) is 0 Å². The molecule has 0 saturated carbocycles. The summed E-state index contributed by atoms with van der Waals surface area (Å²) in [5.41, 5.74) is 5.46. The number of carbonyl (C=O) groups is 1. The van der Waals surface area contributed by atoms with Crippen LogP contribution in [0.15, 0.2) is 0 Å². The lowest BCUT2D eigenvalue weighted by Crippen LogP contribution is -2.49. The lowest BCUT2D eigenvalue weighted by molar-refractivity contribution is -0.131. The van der Waals surface area contributed by atoms with Crippen LogP contribution in [0.1, 0.15) is 26.2 Å². The van der Waals surface area contributed by atoms with E-state index in [1.54, 1.807) is 0 Å². The summed E-state index contributed by atoms with van der Waals surface area (Å²) in [4.78, 5) is 14.2. The van der Waals surface area contributed by atoms with Crippen molar-refractivity contribution in [3.8, 4) is 0 Å². The van der Waals surface area contributed by atoms with E-state index in [9.17, 15) is 4.79 Å². The van der Waals surface area contributed by atoms with E-state index in [2.05, 4.69) is 17.1 Å². The largest absolute Gasteiger partial charge is 0.370 e. The Labute approximate surface area is 104 Å². The van der Waals surface area contributed by atoms with Crippen LogP contribution in [0.5, 0.6) is 0 Å². The third kappa shape index (κ3) is 4.61. The van der Waals surface area contributed by atoms with Gasteiger partial charge in [0.05, 0.1) is 0 Å². The lowest BCUT2D eigenvalue weighted by atomic mass is 10.0. The number of methoxy groups -OCH3 is 1. The summed E-state index contributed by atoms with van der Waals surface area (Å²) in [6, 6.07) is 0.278. The molecule has 0 aliphatic carbocycles. The summed E-state index contributed by atoms with van der Waals surface area (Å²) in [6.45, 7) is 5.72. The number of rotatable bonds is 6. The van der Waals surface area contributed by atoms with Crippen LogP contribution in [-0.4, -0.2) is 56.2 Å². The first kappa shape index (κ1) is 14.4. The molecule has 5 heteroatoms. The van der Waals surface area contributed by atoms with Gasteiger partial charge in [-0.25, -0.2) is 0 Å². The molecule has 1 heterocycles.